The smallest absolute Gasteiger partial charge is 0.151 e. The molecule has 0 spiro atoms. The van der Waals surface area contributed by atoms with Crippen molar-refractivity contribution >= 4 is 0 Å². The minimum absolute atomic E-state index is 0.455. The number of aromatic nitrogens is 1. The summed E-state index contributed by atoms with van der Waals surface area (Å²) in [6, 6.07) is 2.82. The van der Waals surface area contributed by atoms with Crippen molar-refractivity contribution in [3.8, 4) is 0 Å². The van der Waals surface area contributed by atoms with E-state index < -0.39 is 0 Å². The van der Waals surface area contributed by atoms with Crippen LogP contribution in [0.3, 0.4) is 0 Å². The number of hydrogen-bond donors (Lipinski definition) is 1. The molecular weight excluding hydrogens is 226 g/mol. The minimum atomic E-state index is 0.455. The largest absolute Gasteiger partial charge is 0.360 e. The van der Waals surface area contributed by atoms with Crippen molar-refractivity contribution in [2.24, 2.45) is 5.41 Å². The monoisotopic (exact) mass is 249 g/mol. The third kappa shape index (κ3) is 3.12. The summed E-state index contributed by atoms with van der Waals surface area (Å²) in [5.74, 6) is 1.00. The molecule has 1 aromatic heterocycles. The van der Waals surface area contributed by atoms with Gasteiger partial charge in [0.1, 0.15) is 0 Å². The maximum absolute atomic E-state index is 5.42. The Morgan fingerprint density at radius 1 is 1.50 bits per heavy atom. The van der Waals surface area contributed by atoms with Crippen LogP contribution in [0.2, 0.25) is 0 Å². The van der Waals surface area contributed by atoms with Gasteiger partial charge in [0.2, 0.25) is 0 Å². The summed E-state index contributed by atoms with van der Waals surface area (Å²) in [5.41, 5.74) is 1.49. The molecule has 1 N–H and O–H groups in total. The normalized spacial score (nSPS) is 23.7. The van der Waals surface area contributed by atoms with Crippen LogP contribution in [-0.4, -0.2) is 29.2 Å². The van der Waals surface area contributed by atoms with Gasteiger partial charge >= 0.3 is 0 Å². The Kier molecular flexibility index (Phi) is 3.16. The van der Waals surface area contributed by atoms with Gasteiger partial charge in [-0.1, -0.05) is 19.0 Å². The Bertz CT molecular complexity index is 409. The van der Waals surface area contributed by atoms with Gasteiger partial charge in [0, 0.05) is 25.2 Å². The quantitative estimate of drug-likeness (QED) is 0.868. The predicted octanol–water partition coefficient (Wildman–Crippen LogP) is 2.16. The second-order valence-corrected chi connectivity index (χ2v) is 6.56. The Morgan fingerprint density at radius 3 is 3.00 bits per heavy atom. The molecule has 1 aliphatic heterocycles. The van der Waals surface area contributed by atoms with E-state index >= 15 is 0 Å². The van der Waals surface area contributed by atoms with Crippen LogP contribution < -0.4 is 5.32 Å². The summed E-state index contributed by atoms with van der Waals surface area (Å²) in [4.78, 5) is 2.46. The fraction of sp³-hybridized carbons (Fsp3) is 0.786. The molecule has 4 heteroatoms. The summed E-state index contributed by atoms with van der Waals surface area (Å²) in [6.45, 7) is 8.74. The van der Waals surface area contributed by atoms with E-state index in [1.165, 1.54) is 25.8 Å². The Labute approximate surface area is 109 Å². The van der Waals surface area contributed by atoms with E-state index in [2.05, 4.69) is 35.3 Å². The topological polar surface area (TPSA) is 41.3 Å². The van der Waals surface area contributed by atoms with Crippen molar-refractivity contribution in [3.05, 3.63) is 17.5 Å². The SMILES string of the molecule is CC1(C)CCN(Cc2cc(CNC3CC3)no2)C1. The van der Waals surface area contributed by atoms with Crippen LogP contribution in [0.1, 0.15) is 44.6 Å². The van der Waals surface area contributed by atoms with E-state index in [0.29, 0.717) is 5.41 Å². The van der Waals surface area contributed by atoms with E-state index in [9.17, 15) is 0 Å². The maximum atomic E-state index is 5.42. The molecule has 18 heavy (non-hydrogen) atoms. The van der Waals surface area contributed by atoms with E-state index in [-0.39, 0.29) is 0 Å². The Hall–Kier alpha value is -0.870. The first-order chi connectivity index (χ1) is 8.61. The standard InChI is InChI=1S/C14H23N3O/c1-14(2)5-6-17(10-14)9-13-7-12(16-18-13)8-15-11-3-4-11/h7,11,15H,3-6,8-10H2,1-2H3. The molecule has 0 bridgehead atoms. The number of nitrogens with one attached hydrogen (secondary N) is 1. The number of nitrogens with zero attached hydrogens (tertiary/aromatic N) is 2. The fourth-order valence-corrected chi connectivity index (χ4v) is 2.63. The lowest BCUT2D eigenvalue weighted by Crippen LogP contribution is -2.22. The lowest BCUT2D eigenvalue weighted by molar-refractivity contribution is 0.248. The highest BCUT2D eigenvalue weighted by molar-refractivity contribution is 5.06. The molecule has 1 saturated carbocycles. The van der Waals surface area contributed by atoms with E-state index in [1.54, 1.807) is 0 Å². The zero-order valence-electron chi connectivity index (χ0n) is 11.4. The molecule has 0 atom stereocenters. The van der Waals surface area contributed by atoms with Gasteiger partial charge in [0.15, 0.2) is 5.76 Å². The van der Waals surface area contributed by atoms with Crippen LogP contribution in [0.25, 0.3) is 0 Å². The Balaban J connectivity index is 1.50. The third-order valence-electron chi connectivity index (χ3n) is 3.89. The van der Waals surface area contributed by atoms with Crippen molar-refractivity contribution in [2.45, 2.75) is 52.2 Å². The number of rotatable bonds is 5. The lowest BCUT2D eigenvalue weighted by atomic mass is 9.93. The van der Waals surface area contributed by atoms with Gasteiger partial charge in [0.25, 0.3) is 0 Å². The summed E-state index contributed by atoms with van der Waals surface area (Å²) >= 11 is 0. The van der Waals surface area contributed by atoms with Gasteiger partial charge in [-0.15, -0.1) is 0 Å². The highest BCUT2D eigenvalue weighted by Gasteiger charge is 2.29. The van der Waals surface area contributed by atoms with Crippen molar-refractivity contribution < 1.29 is 4.52 Å². The number of hydrogen-bond acceptors (Lipinski definition) is 4. The molecule has 0 unspecified atom stereocenters. The van der Waals surface area contributed by atoms with Crippen LogP contribution in [-0.2, 0) is 13.1 Å². The van der Waals surface area contributed by atoms with E-state index in [4.69, 9.17) is 4.52 Å². The first kappa shape index (κ1) is 12.2. The average Bonchev–Trinajstić information content (AvgIpc) is 2.94. The molecule has 0 aromatic carbocycles. The van der Waals surface area contributed by atoms with Crippen molar-refractivity contribution in [1.29, 1.82) is 0 Å². The highest BCUT2D eigenvalue weighted by Crippen LogP contribution is 2.29. The second kappa shape index (κ2) is 4.67. The van der Waals surface area contributed by atoms with Crippen molar-refractivity contribution in [1.82, 2.24) is 15.4 Å². The van der Waals surface area contributed by atoms with Crippen LogP contribution in [0.4, 0.5) is 0 Å². The first-order valence-electron chi connectivity index (χ1n) is 7.01. The van der Waals surface area contributed by atoms with Gasteiger partial charge in [-0.05, 0) is 31.2 Å². The molecule has 2 heterocycles. The maximum Gasteiger partial charge on any atom is 0.151 e. The molecular formula is C14H23N3O. The van der Waals surface area contributed by atoms with Crippen LogP contribution in [0.5, 0.6) is 0 Å². The second-order valence-electron chi connectivity index (χ2n) is 6.56. The molecule has 4 nitrogen and oxygen atoms in total. The van der Waals surface area contributed by atoms with E-state index in [0.717, 1.165) is 37.1 Å². The summed E-state index contributed by atoms with van der Waals surface area (Å²) in [7, 11) is 0. The molecule has 1 saturated heterocycles. The minimum Gasteiger partial charge on any atom is -0.360 e. The molecule has 2 aliphatic rings. The van der Waals surface area contributed by atoms with Crippen LogP contribution >= 0.6 is 0 Å². The molecule has 1 aromatic rings. The van der Waals surface area contributed by atoms with E-state index in [1.807, 2.05) is 0 Å². The molecule has 1 aliphatic carbocycles. The van der Waals surface area contributed by atoms with Gasteiger partial charge in [-0.2, -0.15) is 0 Å². The fourth-order valence-electron chi connectivity index (χ4n) is 2.63. The lowest BCUT2D eigenvalue weighted by Gasteiger charge is -2.18. The molecule has 0 amide bonds. The van der Waals surface area contributed by atoms with Gasteiger partial charge in [-0.3, -0.25) is 4.90 Å². The van der Waals surface area contributed by atoms with Crippen LogP contribution in [0, 0.1) is 5.41 Å². The zero-order valence-corrected chi connectivity index (χ0v) is 11.4. The summed E-state index contributed by atoms with van der Waals surface area (Å²) in [6.07, 6.45) is 3.90. The van der Waals surface area contributed by atoms with Crippen LogP contribution in [0.15, 0.2) is 10.6 Å². The van der Waals surface area contributed by atoms with Gasteiger partial charge in [-0.25, -0.2) is 0 Å². The van der Waals surface area contributed by atoms with Gasteiger partial charge < -0.3 is 9.84 Å². The molecule has 3 rings (SSSR count). The third-order valence-corrected chi connectivity index (χ3v) is 3.89. The zero-order chi connectivity index (χ0) is 12.6. The number of likely N-dealkylation sites (tertiary alicyclic amines) is 1. The summed E-state index contributed by atoms with van der Waals surface area (Å²) in [5, 5.41) is 7.59. The predicted molar refractivity (Wildman–Crippen MR) is 70.0 cm³/mol. The molecule has 0 radical (unpaired) electrons. The Morgan fingerprint density at radius 2 is 2.33 bits per heavy atom. The average molecular weight is 249 g/mol. The molecule has 2 fully saturated rings. The first-order valence-corrected chi connectivity index (χ1v) is 7.01. The van der Waals surface area contributed by atoms with Gasteiger partial charge in [0.05, 0.1) is 12.2 Å². The summed E-state index contributed by atoms with van der Waals surface area (Å²) < 4.78 is 5.42. The highest BCUT2D eigenvalue weighted by atomic mass is 16.5. The van der Waals surface area contributed by atoms with Crippen molar-refractivity contribution in [2.75, 3.05) is 13.1 Å². The molecule has 100 valence electrons. The van der Waals surface area contributed by atoms with Crippen molar-refractivity contribution in [3.63, 3.8) is 0 Å².